The molecular weight excluding hydrogens is 264 g/mol. The summed E-state index contributed by atoms with van der Waals surface area (Å²) < 4.78 is 5.66. The van der Waals surface area contributed by atoms with Crippen molar-refractivity contribution >= 4 is 6.09 Å². The van der Waals surface area contributed by atoms with Crippen LogP contribution in [-0.4, -0.2) is 28.7 Å². The average molecular weight is 288 g/mol. The van der Waals surface area contributed by atoms with Crippen LogP contribution in [0.3, 0.4) is 0 Å². The third-order valence-electron chi connectivity index (χ3n) is 4.75. The maximum Gasteiger partial charge on any atom is 0.411 e. The SMILES string of the molecule is CC1(C)OC(=O)N([C@H]2CC[C@H](N)CC2)C1c1ccccc1. The highest BCUT2D eigenvalue weighted by Gasteiger charge is 2.51. The molecule has 114 valence electrons. The predicted molar refractivity (Wildman–Crippen MR) is 81.8 cm³/mol. The fourth-order valence-corrected chi connectivity index (χ4v) is 3.71. The second-order valence-electron chi connectivity index (χ2n) is 6.76. The van der Waals surface area contributed by atoms with Crippen LogP contribution in [0.5, 0.6) is 0 Å². The molecule has 1 amide bonds. The van der Waals surface area contributed by atoms with Gasteiger partial charge in [0.2, 0.25) is 0 Å². The smallest absolute Gasteiger partial charge is 0.411 e. The van der Waals surface area contributed by atoms with Gasteiger partial charge >= 0.3 is 6.09 Å². The standard InChI is InChI=1S/C17H24N2O2/c1-17(2)15(12-6-4-3-5-7-12)19(16(20)21-17)14-10-8-13(18)9-11-14/h3-7,13-15H,8-11,18H2,1-2H3/t13-,14-,15?. The van der Waals surface area contributed by atoms with Gasteiger partial charge in [0, 0.05) is 12.1 Å². The average Bonchev–Trinajstić information content (AvgIpc) is 2.70. The lowest BCUT2D eigenvalue weighted by atomic mass is 9.86. The molecule has 4 nitrogen and oxygen atoms in total. The van der Waals surface area contributed by atoms with E-state index in [1.54, 1.807) is 0 Å². The summed E-state index contributed by atoms with van der Waals surface area (Å²) in [6.45, 7) is 3.99. The van der Waals surface area contributed by atoms with Crippen LogP contribution in [-0.2, 0) is 4.74 Å². The molecule has 2 fully saturated rings. The molecule has 1 saturated carbocycles. The summed E-state index contributed by atoms with van der Waals surface area (Å²) in [4.78, 5) is 14.4. The molecule has 0 aromatic heterocycles. The summed E-state index contributed by atoms with van der Waals surface area (Å²) in [5.74, 6) is 0. The molecule has 21 heavy (non-hydrogen) atoms. The summed E-state index contributed by atoms with van der Waals surface area (Å²) in [5, 5.41) is 0. The highest BCUT2D eigenvalue weighted by Crippen LogP contribution is 2.44. The number of ether oxygens (including phenoxy) is 1. The lowest BCUT2D eigenvalue weighted by molar-refractivity contribution is 0.0664. The largest absolute Gasteiger partial charge is 0.441 e. The van der Waals surface area contributed by atoms with Gasteiger partial charge in [0.15, 0.2) is 0 Å². The molecule has 4 heteroatoms. The first-order chi connectivity index (χ1) is 9.99. The van der Waals surface area contributed by atoms with Crippen LogP contribution < -0.4 is 5.73 Å². The number of carbonyl (C=O) groups excluding carboxylic acids is 1. The maximum absolute atomic E-state index is 12.4. The zero-order chi connectivity index (χ0) is 15.0. The minimum Gasteiger partial charge on any atom is -0.441 e. The molecule has 1 unspecified atom stereocenters. The van der Waals surface area contributed by atoms with Crippen LogP contribution in [0.15, 0.2) is 30.3 Å². The number of hydrogen-bond acceptors (Lipinski definition) is 3. The minimum absolute atomic E-state index is 0.0227. The summed E-state index contributed by atoms with van der Waals surface area (Å²) in [6, 6.07) is 10.7. The Bertz CT molecular complexity index is 507. The molecule has 0 spiro atoms. The topological polar surface area (TPSA) is 55.6 Å². The number of benzene rings is 1. The van der Waals surface area contributed by atoms with Gasteiger partial charge in [0.25, 0.3) is 0 Å². The molecule has 2 aliphatic rings. The van der Waals surface area contributed by atoms with Gasteiger partial charge in [0.05, 0.1) is 6.04 Å². The lowest BCUT2D eigenvalue weighted by Gasteiger charge is -2.37. The number of rotatable bonds is 2. The zero-order valence-corrected chi connectivity index (χ0v) is 12.8. The van der Waals surface area contributed by atoms with Gasteiger partial charge in [-0.3, -0.25) is 4.90 Å². The highest BCUT2D eigenvalue weighted by molar-refractivity contribution is 5.72. The molecule has 2 N–H and O–H groups in total. The monoisotopic (exact) mass is 288 g/mol. The van der Waals surface area contributed by atoms with Crippen molar-refractivity contribution < 1.29 is 9.53 Å². The van der Waals surface area contributed by atoms with Crippen molar-refractivity contribution in [2.75, 3.05) is 0 Å². The normalized spacial score (nSPS) is 32.0. The van der Waals surface area contributed by atoms with Crippen LogP contribution in [0, 0.1) is 0 Å². The van der Waals surface area contributed by atoms with Crippen LogP contribution in [0.4, 0.5) is 4.79 Å². The van der Waals surface area contributed by atoms with Crippen molar-refractivity contribution in [2.24, 2.45) is 5.73 Å². The number of hydrogen-bond donors (Lipinski definition) is 1. The Morgan fingerprint density at radius 3 is 2.38 bits per heavy atom. The summed E-state index contributed by atoms with van der Waals surface area (Å²) >= 11 is 0. The van der Waals surface area contributed by atoms with Crippen molar-refractivity contribution in [2.45, 2.75) is 63.3 Å². The lowest BCUT2D eigenvalue weighted by Crippen LogP contribution is -2.44. The first kappa shape index (κ1) is 14.4. The molecule has 3 rings (SSSR count). The number of amides is 1. The van der Waals surface area contributed by atoms with E-state index < -0.39 is 5.60 Å². The first-order valence-corrected chi connectivity index (χ1v) is 7.81. The molecule has 1 aliphatic carbocycles. The molecule has 1 aromatic rings. The Labute approximate surface area is 126 Å². The first-order valence-electron chi connectivity index (χ1n) is 7.81. The van der Waals surface area contributed by atoms with E-state index in [0.717, 1.165) is 31.2 Å². The zero-order valence-electron chi connectivity index (χ0n) is 12.8. The van der Waals surface area contributed by atoms with Crippen LogP contribution >= 0.6 is 0 Å². The van der Waals surface area contributed by atoms with Gasteiger partial charge in [-0.1, -0.05) is 30.3 Å². The Morgan fingerprint density at radius 2 is 1.76 bits per heavy atom. The van der Waals surface area contributed by atoms with Gasteiger partial charge < -0.3 is 10.5 Å². The van der Waals surface area contributed by atoms with Gasteiger partial charge in [-0.05, 0) is 45.1 Å². The third-order valence-corrected chi connectivity index (χ3v) is 4.75. The van der Waals surface area contributed by atoms with Crippen LogP contribution in [0.25, 0.3) is 0 Å². The fraction of sp³-hybridized carbons (Fsp3) is 0.588. The molecular formula is C17H24N2O2. The summed E-state index contributed by atoms with van der Waals surface area (Å²) in [6.07, 6.45) is 3.72. The number of cyclic esters (lactones) is 1. The van der Waals surface area contributed by atoms with Gasteiger partial charge in [0.1, 0.15) is 5.60 Å². The number of nitrogens with zero attached hydrogens (tertiary/aromatic N) is 1. The van der Waals surface area contributed by atoms with Crippen molar-refractivity contribution in [3.8, 4) is 0 Å². The molecule has 1 aromatic carbocycles. The van der Waals surface area contributed by atoms with Crippen molar-refractivity contribution in [3.05, 3.63) is 35.9 Å². The molecule has 1 aliphatic heterocycles. The maximum atomic E-state index is 12.4. The second-order valence-corrected chi connectivity index (χ2v) is 6.76. The van der Waals surface area contributed by atoms with Crippen LogP contribution in [0.2, 0.25) is 0 Å². The van der Waals surface area contributed by atoms with Crippen molar-refractivity contribution in [3.63, 3.8) is 0 Å². The van der Waals surface area contributed by atoms with E-state index in [4.69, 9.17) is 10.5 Å². The Hall–Kier alpha value is -1.55. The van der Waals surface area contributed by atoms with E-state index in [1.807, 2.05) is 36.9 Å². The number of carbonyl (C=O) groups is 1. The molecule has 0 radical (unpaired) electrons. The van der Waals surface area contributed by atoms with Crippen LogP contribution in [0.1, 0.15) is 51.1 Å². The molecule has 1 heterocycles. The van der Waals surface area contributed by atoms with Gasteiger partial charge in [-0.15, -0.1) is 0 Å². The molecule has 1 saturated heterocycles. The van der Waals surface area contributed by atoms with Crippen molar-refractivity contribution in [1.29, 1.82) is 0 Å². The van der Waals surface area contributed by atoms with Gasteiger partial charge in [-0.25, -0.2) is 4.79 Å². The quantitative estimate of drug-likeness (QED) is 0.909. The minimum atomic E-state index is -0.502. The van der Waals surface area contributed by atoms with E-state index >= 15 is 0 Å². The predicted octanol–water partition coefficient (Wildman–Crippen LogP) is 3.23. The number of nitrogens with two attached hydrogens (primary N) is 1. The van der Waals surface area contributed by atoms with E-state index in [0.29, 0.717) is 0 Å². The summed E-state index contributed by atoms with van der Waals surface area (Å²) in [5.41, 5.74) is 6.63. The Balaban J connectivity index is 1.91. The third kappa shape index (κ3) is 2.64. The van der Waals surface area contributed by atoms with E-state index in [2.05, 4.69) is 12.1 Å². The molecule has 1 atom stereocenters. The van der Waals surface area contributed by atoms with E-state index in [9.17, 15) is 4.79 Å². The Kier molecular flexibility index (Phi) is 3.66. The van der Waals surface area contributed by atoms with E-state index in [1.165, 1.54) is 0 Å². The van der Waals surface area contributed by atoms with E-state index in [-0.39, 0.29) is 24.2 Å². The Morgan fingerprint density at radius 1 is 1.14 bits per heavy atom. The summed E-state index contributed by atoms with van der Waals surface area (Å²) in [7, 11) is 0. The van der Waals surface area contributed by atoms with Gasteiger partial charge in [-0.2, -0.15) is 0 Å². The van der Waals surface area contributed by atoms with Crippen molar-refractivity contribution in [1.82, 2.24) is 4.90 Å². The fourth-order valence-electron chi connectivity index (χ4n) is 3.71. The second kappa shape index (κ2) is 5.34. The highest BCUT2D eigenvalue weighted by atomic mass is 16.6. The molecule has 0 bridgehead atoms.